The van der Waals surface area contributed by atoms with Gasteiger partial charge in [-0.1, -0.05) is 0 Å². The van der Waals surface area contributed by atoms with Gasteiger partial charge in [0.15, 0.2) is 5.13 Å². The van der Waals surface area contributed by atoms with Crippen molar-refractivity contribution in [3.8, 4) is 0 Å². The predicted octanol–water partition coefficient (Wildman–Crippen LogP) is 1.82. The van der Waals surface area contributed by atoms with Gasteiger partial charge in [0.05, 0.1) is 24.5 Å². The van der Waals surface area contributed by atoms with Crippen molar-refractivity contribution >= 4 is 22.5 Å². The number of anilines is 1. The third-order valence-corrected chi connectivity index (χ3v) is 5.09. The summed E-state index contributed by atoms with van der Waals surface area (Å²) < 4.78 is 1.90. The first-order valence-electron chi connectivity index (χ1n) is 7.71. The van der Waals surface area contributed by atoms with Gasteiger partial charge in [-0.3, -0.25) is 4.68 Å². The number of hydrogen-bond donors (Lipinski definition) is 2. The van der Waals surface area contributed by atoms with Gasteiger partial charge in [0.1, 0.15) is 0 Å². The Morgan fingerprint density at radius 3 is 3.09 bits per heavy atom. The van der Waals surface area contributed by atoms with Crippen LogP contribution in [0.5, 0.6) is 0 Å². The van der Waals surface area contributed by atoms with Gasteiger partial charge in [-0.2, -0.15) is 5.10 Å². The monoisotopic (exact) mass is 334 g/mol. The lowest BCUT2D eigenvalue weighted by atomic mass is 9.93. The number of carbonyl (C=O) groups excluding carboxylic acids is 1. The van der Waals surface area contributed by atoms with Crippen molar-refractivity contribution in [2.45, 2.75) is 31.8 Å². The molecule has 0 spiro atoms. The Morgan fingerprint density at radius 2 is 2.35 bits per heavy atom. The Balaban J connectivity index is 1.55. The fourth-order valence-electron chi connectivity index (χ4n) is 2.82. The first-order valence-corrected chi connectivity index (χ1v) is 8.59. The fraction of sp³-hybridized carbons (Fsp3) is 0.533. The highest BCUT2D eigenvalue weighted by molar-refractivity contribution is 7.13. The molecule has 0 aliphatic heterocycles. The van der Waals surface area contributed by atoms with E-state index in [1.807, 2.05) is 42.3 Å². The zero-order valence-electron chi connectivity index (χ0n) is 13.7. The van der Waals surface area contributed by atoms with Gasteiger partial charge in [0.2, 0.25) is 0 Å². The van der Waals surface area contributed by atoms with Crippen LogP contribution in [0.4, 0.5) is 9.93 Å². The molecule has 8 heteroatoms. The SMILES string of the molecule is CN(C)c1nc(CNC(=O)NC2CCCc3c2cnn3C)cs1. The molecule has 1 aliphatic rings. The molecule has 0 fully saturated rings. The summed E-state index contributed by atoms with van der Waals surface area (Å²) in [5.74, 6) is 0. The normalized spacial score (nSPS) is 16.7. The molecule has 23 heavy (non-hydrogen) atoms. The van der Waals surface area contributed by atoms with Crippen LogP contribution in [-0.2, 0) is 20.0 Å². The van der Waals surface area contributed by atoms with Crippen molar-refractivity contribution in [3.63, 3.8) is 0 Å². The second-order valence-corrected chi connectivity index (χ2v) is 6.79. The molecule has 0 aromatic carbocycles. The number of fused-ring (bicyclic) bond motifs is 1. The Hall–Kier alpha value is -2.09. The van der Waals surface area contributed by atoms with E-state index in [4.69, 9.17) is 0 Å². The minimum absolute atomic E-state index is 0.0419. The highest BCUT2D eigenvalue weighted by Crippen LogP contribution is 2.28. The summed E-state index contributed by atoms with van der Waals surface area (Å²) >= 11 is 1.57. The number of carbonyl (C=O) groups is 1. The van der Waals surface area contributed by atoms with Crippen LogP contribution in [0.1, 0.15) is 35.8 Å². The number of urea groups is 1. The lowest BCUT2D eigenvalue weighted by molar-refractivity contribution is 0.235. The molecular formula is C15H22N6OS. The van der Waals surface area contributed by atoms with Gasteiger partial charge in [0, 0.05) is 37.8 Å². The molecule has 0 bridgehead atoms. The molecule has 1 atom stereocenters. The van der Waals surface area contributed by atoms with Crippen LogP contribution in [0.2, 0.25) is 0 Å². The Bertz CT molecular complexity index is 692. The molecule has 7 nitrogen and oxygen atoms in total. The number of aryl methyl sites for hydroxylation is 1. The average Bonchev–Trinajstić information content (AvgIpc) is 3.14. The van der Waals surface area contributed by atoms with Crippen LogP contribution in [0.15, 0.2) is 11.6 Å². The fourth-order valence-corrected chi connectivity index (χ4v) is 3.58. The number of rotatable bonds is 4. The number of aromatic nitrogens is 3. The molecular weight excluding hydrogens is 312 g/mol. The minimum atomic E-state index is -0.161. The lowest BCUT2D eigenvalue weighted by Gasteiger charge is -2.23. The molecule has 124 valence electrons. The van der Waals surface area contributed by atoms with E-state index >= 15 is 0 Å². The maximum atomic E-state index is 12.2. The molecule has 2 N–H and O–H groups in total. The van der Waals surface area contributed by atoms with Crippen LogP contribution in [0.3, 0.4) is 0 Å². The summed E-state index contributed by atoms with van der Waals surface area (Å²) in [5, 5.41) is 13.1. The van der Waals surface area contributed by atoms with Gasteiger partial charge >= 0.3 is 6.03 Å². The largest absolute Gasteiger partial charge is 0.354 e. The summed E-state index contributed by atoms with van der Waals surface area (Å²) in [7, 11) is 5.86. The topological polar surface area (TPSA) is 75.1 Å². The zero-order valence-corrected chi connectivity index (χ0v) is 14.5. The van der Waals surface area contributed by atoms with Gasteiger partial charge in [-0.05, 0) is 19.3 Å². The molecule has 2 amide bonds. The van der Waals surface area contributed by atoms with E-state index in [9.17, 15) is 4.79 Å². The smallest absolute Gasteiger partial charge is 0.315 e. The average molecular weight is 334 g/mol. The molecule has 3 rings (SSSR count). The number of nitrogens with one attached hydrogen (secondary N) is 2. The first kappa shape index (κ1) is 15.8. The summed E-state index contributed by atoms with van der Waals surface area (Å²) in [5.41, 5.74) is 3.23. The minimum Gasteiger partial charge on any atom is -0.354 e. The summed E-state index contributed by atoms with van der Waals surface area (Å²) in [4.78, 5) is 18.6. The van der Waals surface area contributed by atoms with E-state index in [0.717, 1.165) is 35.7 Å². The van der Waals surface area contributed by atoms with Gasteiger partial charge in [-0.15, -0.1) is 11.3 Å². The molecule has 1 aliphatic carbocycles. The van der Waals surface area contributed by atoms with Crippen molar-refractivity contribution in [1.29, 1.82) is 0 Å². The van der Waals surface area contributed by atoms with Crippen molar-refractivity contribution in [1.82, 2.24) is 25.4 Å². The van der Waals surface area contributed by atoms with Crippen molar-refractivity contribution in [2.24, 2.45) is 7.05 Å². The number of hydrogen-bond acceptors (Lipinski definition) is 5. The Labute approximate surface area is 139 Å². The van der Waals surface area contributed by atoms with Gasteiger partial charge < -0.3 is 15.5 Å². The van der Waals surface area contributed by atoms with E-state index in [0.29, 0.717) is 6.54 Å². The third-order valence-electron chi connectivity index (χ3n) is 4.03. The summed E-state index contributed by atoms with van der Waals surface area (Å²) in [6.07, 6.45) is 4.91. The number of amides is 2. The number of thiazole rings is 1. The van der Waals surface area contributed by atoms with Crippen LogP contribution in [0, 0.1) is 0 Å². The molecule has 0 radical (unpaired) electrons. The quantitative estimate of drug-likeness (QED) is 0.894. The van der Waals surface area contributed by atoms with Crippen LogP contribution >= 0.6 is 11.3 Å². The van der Waals surface area contributed by atoms with Crippen LogP contribution in [-0.4, -0.2) is 34.9 Å². The van der Waals surface area contributed by atoms with Crippen molar-refractivity contribution < 1.29 is 4.79 Å². The van der Waals surface area contributed by atoms with E-state index in [-0.39, 0.29) is 12.1 Å². The molecule has 0 saturated carbocycles. The van der Waals surface area contributed by atoms with Crippen LogP contribution in [0.25, 0.3) is 0 Å². The van der Waals surface area contributed by atoms with Crippen molar-refractivity contribution in [2.75, 3.05) is 19.0 Å². The van der Waals surface area contributed by atoms with E-state index in [1.54, 1.807) is 11.3 Å². The second-order valence-electron chi connectivity index (χ2n) is 5.96. The Morgan fingerprint density at radius 1 is 1.52 bits per heavy atom. The highest BCUT2D eigenvalue weighted by atomic mass is 32.1. The first-order chi connectivity index (χ1) is 11.0. The number of nitrogens with zero attached hydrogens (tertiary/aromatic N) is 4. The maximum absolute atomic E-state index is 12.2. The summed E-state index contributed by atoms with van der Waals surface area (Å²) in [6.45, 7) is 0.433. The molecule has 2 aromatic rings. The maximum Gasteiger partial charge on any atom is 0.315 e. The Kier molecular flexibility index (Phi) is 4.51. The molecule has 2 aromatic heterocycles. The van der Waals surface area contributed by atoms with Crippen LogP contribution < -0.4 is 15.5 Å². The second kappa shape index (κ2) is 6.57. The highest BCUT2D eigenvalue weighted by Gasteiger charge is 2.24. The predicted molar refractivity (Wildman–Crippen MR) is 90.7 cm³/mol. The lowest BCUT2D eigenvalue weighted by Crippen LogP contribution is -2.38. The van der Waals surface area contributed by atoms with E-state index < -0.39 is 0 Å². The van der Waals surface area contributed by atoms with Gasteiger partial charge in [-0.25, -0.2) is 9.78 Å². The zero-order chi connectivity index (χ0) is 16.4. The van der Waals surface area contributed by atoms with Gasteiger partial charge in [0.25, 0.3) is 0 Å². The van der Waals surface area contributed by atoms with Crippen molar-refractivity contribution in [3.05, 3.63) is 28.5 Å². The third kappa shape index (κ3) is 3.47. The molecule has 1 unspecified atom stereocenters. The summed E-state index contributed by atoms with van der Waals surface area (Å²) in [6, 6.07) is -0.119. The molecule has 2 heterocycles. The standard InChI is InChI=1S/C15H22N6OS/c1-20(2)15-18-10(9-23-15)7-16-14(22)19-12-5-4-6-13-11(12)8-17-21(13)3/h8-9,12H,4-7H2,1-3H3,(H2,16,19,22). The van der Waals surface area contributed by atoms with E-state index in [2.05, 4.69) is 20.7 Å². The van der Waals surface area contributed by atoms with E-state index in [1.165, 1.54) is 5.69 Å². The molecule has 0 saturated heterocycles.